The molecule has 1 atom stereocenters. The SMILES string of the molecule is CC.CC.O=CC[C@H](Cn1ccnc1-c1ccccc1)c1ccccc1. The van der Waals surface area contributed by atoms with E-state index in [9.17, 15) is 4.79 Å². The van der Waals surface area contributed by atoms with Crippen molar-refractivity contribution in [2.45, 2.75) is 46.6 Å². The van der Waals surface area contributed by atoms with Crippen molar-refractivity contribution in [3.05, 3.63) is 78.6 Å². The van der Waals surface area contributed by atoms with Crippen LogP contribution in [0.5, 0.6) is 0 Å². The molecule has 3 aromatic rings. The molecule has 3 rings (SSSR count). The molecule has 3 heteroatoms. The molecular formula is C23H30N2O. The van der Waals surface area contributed by atoms with Gasteiger partial charge in [-0.25, -0.2) is 4.98 Å². The summed E-state index contributed by atoms with van der Waals surface area (Å²) < 4.78 is 2.12. The third-order valence-corrected chi connectivity index (χ3v) is 3.82. The molecule has 26 heavy (non-hydrogen) atoms. The lowest BCUT2D eigenvalue weighted by atomic mass is 9.96. The Hall–Kier alpha value is -2.68. The highest BCUT2D eigenvalue weighted by atomic mass is 16.1. The summed E-state index contributed by atoms with van der Waals surface area (Å²) >= 11 is 0. The van der Waals surface area contributed by atoms with Gasteiger partial charge in [-0.1, -0.05) is 88.4 Å². The molecule has 0 spiro atoms. The van der Waals surface area contributed by atoms with Crippen LogP contribution in [0.15, 0.2) is 73.1 Å². The van der Waals surface area contributed by atoms with Crippen LogP contribution < -0.4 is 0 Å². The molecule has 0 bridgehead atoms. The highest BCUT2D eigenvalue weighted by Gasteiger charge is 2.14. The zero-order valence-electron chi connectivity index (χ0n) is 16.3. The zero-order valence-corrected chi connectivity index (χ0v) is 16.3. The van der Waals surface area contributed by atoms with Gasteiger partial charge < -0.3 is 9.36 Å². The topological polar surface area (TPSA) is 34.9 Å². The molecule has 0 saturated heterocycles. The number of imidazole rings is 1. The molecule has 2 aromatic carbocycles. The summed E-state index contributed by atoms with van der Waals surface area (Å²) in [6.45, 7) is 8.74. The average molecular weight is 351 g/mol. The Morgan fingerprint density at radius 2 is 1.50 bits per heavy atom. The van der Waals surface area contributed by atoms with Gasteiger partial charge in [0.25, 0.3) is 0 Å². The van der Waals surface area contributed by atoms with E-state index in [2.05, 4.69) is 33.8 Å². The molecule has 0 aliphatic rings. The molecule has 0 saturated carbocycles. The van der Waals surface area contributed by atoms with Gasteiger partial charge in [0.1, 0.15) is 12.1 Å². The molecule has 0 fully saturated rings. The third-order valence-electron chi connectivity index (χ3n) is 3.82. The number of nitrogens with zero attached hydrogens (tertiary/aromatic N) is 2. The van der Waals surface area contributed by atoms with Crippen LogP contribution >= 0.6 is 0 Å². The Balaban J connectivity index is 0.000000791. The number of aromatic nitrogens is 2. The minimum atomic E-state index is 0.162. The third kappa shape index (κ3) is 5.99. The summed E-state index contributed by atoms with van der Waals surface area (Å²) in [5.41, 5.74) is 2.27. The first-order chi connectivity index (χ1) is 12.9. The number of rotatable bonds is 6. The van der Waals surface area contributed by atoms with Gasteiger partial charge >= 0.3 is 0 Å². The van der Waals surface area contributed by atoms with Crippen LogP contribution in [0.2, 0.25) is 0 Å². The van der Waals surface area contributed by atoms with Gasteiger partial charge in [-0.05, 0) is 5.56 Å². The van der Waals surface area contributed by atoms with E-state index in [0.717, 1.165) is 24.2 Å². The number of hydrogen-bond acceptors (Lipinski definition) is 2. The second-order valence-electron chi connectivity index (χ2n) is 5.28. The lowest BCUT2D eigenvalue weighted by molar-refractivity contribution is -0.108. The maximum atomic E-state index is 11.0. The van der Waals surface area contributed by atoms with E-state index in [-0.39, 0.29) is 5.92 Å². The van der Waals surface area contributed by atoms with Crippen molar-refractivity contribution in [3.63, 3.8) is 0 Å². The summed E-state index contributed by atoms with van der Waals surface area (Å²) in [5.74, 6) is 1.10. The predicted octanol–water partition coefficient (Wildman–Crippen LogP) is 5.98. The molecular weight excluding hydrogens is 320 g/mol. The fourth-order valence-corrected chi connectivity index (χ4v) is 2.70. The maximum Gasteiger partial charge on any atom is 0.139 e. The van der Waals surface area contributed by atoms with Gasteiger partial charge in [0.15, 0.2) is 0 Å². The molecule has 0 aliphatic carbocycles. The van der Waals surface area contributed by atoms with Crippen LogP contribution in [-0.2, 0) is 11.3 Å². The van der Waals surface area contributed by atoms with Gasteiger partial charge in [-0.3, -0.25) is 0 Å². The Morgan fingerprint density at radius 3 is 2.08 bits per heavy atom. The monoisotopic (exact) mass is 350 g/mol. The van der Waals surface area contributed by atoms with Gasteiger partial charge in [0.2, 0.25) is 0 Å². The molecule has 0 N–H and O–H groups in total. The highest BCUT2D eigenvalue weighted by molar-refractivity contribution is 5.55. The van der Waals surface area contributed by atoms with Crippen molar-refractivity contribution in [1.29, 1.82) is 0 Å². The van der Waals surface area contributed by atoms with Crippen LogP contribution in [0.1, 0.15) is 45.6 Å². The normalized spacial score (nSPS) is 10.6. The first-order valence-electron chi connectivity index (χ1n) is 9.43. The van der Waals surface area contributed by atoms with Crippen LogP contribution in [0.25, 0.3) is 11.4 Å². The number of carbonyl (C=O) groups is 1. The summed E-state index contributed by atoms with van der Waals surface area (Å²) in [6.07, 6.45) is 5.29. The number of hydrogen-bond donors (Lipinski definition) is 0. The summed E-state index contributed by atoms with van der Waals surface area (Å²) in [6, 6.07) is 20.3. The summed E-state index contributed by atoms with van der Waals surface area (Å²) in [5, 5.41) is 0. The highest BCUT2D eigenvalue weighted by Crippen LogP contribution is 2.24. The largest absolute Gasteiger partial charge is 0.330 e. The van der Waals surface area contributed by atoms with E-state index < -0.39 is 0 Å². The fraction of sp³-hybridized carbons (Fsp3) is 0.304. The van der Waals surface area contributed by atoms with E-state index >= 15 is 0 Å². The van der Waals surface area contributed by atoms with E-state index in [1.807, 2.05) is 76.5 Å². The molecule has 138 valence electrons. The Kier molecular flexibility index (Phi) is 10.4. The second-order valence-corrected chi connectivity index (χ2v) is 5.28. The predicted molar refractivity (Wildman–Crippen MR) is 110 cm³/mol. The van der Waals surface area contributed by atoms with E-state index in [0.29, 0.717) is 6.42 Å². The first kappa shape index (κ1) is 21.4. The Labute approximate surface area is 157 Å². The number of aldehydes is 1. The average Bonchev–Trinajstić information content (AvgIpc) is 3.20. The van der Waals surface area contributed by atoms with Crippen molar-refractivity contribution in [2.24, 2.45) is 0 Å². The summed E-state index contributed by atoms with van der Waals surface area (Å²) in [7, 11) is 0. The van der Waals surface area contributed by atoms with Gasteiger partial charge in [-0.15, -0.1) is 0 Å². The molecule has 0 radical (unpaired) electrons. The van der Waals surface area contributed by atoms with E-state index in [4.69, 9.17) is 0 Å². The van der Waals surface area contributed by atoms with Crippen molar-refractivity contribution in [2.75, 3.05) is 0 Å². The van der Waals surface area contributed by atoms with Crippen molar-refractivity contribution < 1.29 is 4.79 Å². The van der Waals surface area contributed by atoms with Gasteiger partial charge in [0.05, 0.1) is 0 Å². The first-order valence-corrected chi connectivity index (χ1v) is 9.43. The van der Waals surface area contributed by atoms with Crippen LogP contribution in [0, 0.1) is 0 Å². The minimum Gasteiger partial charge on any atom is -0.330 e. The minimum absolute atomic E-state index is 0.162. The van der Waals surface area contributed by atoms with Gasteiger partial charge in [-0.2, -0.15) is 0 Å². The smallest absolute Gasteiger partial charge is 0.139 e. The Bertz CT molecular complexity index is 720. The van der Waals surface area contributed by atoms with Gasteiger partial charge in [0, 0.05) is 36.8 Å². The lowest BCUT2D eigenvalue weighted by Crippen LogP contribution is -2.10. The van der Waals surface area contributed by atoms with E-state index in [1.54, 1.807) is 0 Å². The standard InChI is InChI=1S/C19H18N2O.2C2H6/c22-14-11-18(16-7-3-1-4-8-16)15-21-13-12-20-19(21)17-9-5-2-6-10-17;2*1-2/h1-10,12-14,18H,11,15H2;2*1-2H3/t18-;;/m1../s1. The lowest BCUT2D eigenvalue weighted by Gasteiger charge is -2.17. The van der Waals surface area contributed by atoms with Crippen molar-refractivity contribution in [3.8, 4) is 11.4 Å². The molecule has 1 heterocycles. The molecule has 0 unspecified atom stereocenters. The molecule has 0 aliphatic heterocycles. The maximum absolute atomic E-state index is 11.0. The van der Waals surface area contributed by atoms with Crippen molar-refractivity contribution >= 4 is 6.29 Å². The number of benzene rings is 2. The zero-order chi connectivity index (χ0) is 19.2. The van der Waals surface area contributed by atoms with E-state index in [1.165, 1.54) is 5.56 Å². The molecule has 0 amide bonds. The number of carbonyl (C=O) groups excluding carboxylic acids is 1. The Morgan fingerprint density at radius 1 is 0.923 bits per heavy atom. The van der Waals surface area contributed by atoms with Crippen LogP contribution in [-0.4, -0.2) is 15.8 Å². The molecule has 1 aromatic heterocycles. The second kappa shape index (κ2) is 12.6. The fourth-order valence-electron chi connectivity index (χ4n) is 2.70. The summed E-state index contributed by atoms with van der Waals surface area (Å²) in [4.78, 5) is 15.5. The quantitative estimate of drug-likeness (QED) is 0.513. The van der Waals surface area contributed by atoms with Crippen molar-refractivity contribution in [1.82, 2.24) is 9.55 Å². The van der Waals surface area contributed by atoms with Crippen LogP contribution in [0.4, 0.5) is 0 Å². The molecule has 3 nitrogen and oxygen atoms in total. The van der Waals surface area contributed by atoms with Crippen LogP contribution in [0.3, 0.4) is 0 Å².